The molecule has 4 heteroatoms. The van der Waals surface area contributed by atoms with Crippen molar-refractivity contribution in [3.8, 4) is 0 Å². The van der Waals surface area contributed by atoms with Crippen molar-refractivity contribution >= 4 is 5.96 Å². The molecule has 0 saturated carbocycles. The van der Waals surface area contributed by atoms with Crippen LogP contribution in [0.4, 0.5) is 0 Å². The third-order valence-corrected chi connectivity index (χ3v) is 3.90. The molecule has 0 saturated heterocycles. The van der Waals surface area contributed by atoms with E-state index < -0.39 is 0 Å². The lowest BCUT2D eigenvalue weighted by molar-refractivity contribution is 0.254. The minimum absolute atomic E-state index is 0.840. The van der Waals surface area contributed by atoms with E-state index in [9.17, 15) is 0 Å². The molecule has 128 valence electrons. The van der Waals surface area contributed by atoms with Gasteiger partial charge in [0, 0.05) is 40.3 Å². The summed E-state index contributed by atoms with van der Waals surface area (Å²) in [5.74, 6) is 0.840. The molecule has 2 N–H and O–H groups in total. The second-order valence-electron chi connectivity index (χ2n) is 5.78. The summed E-state index contributed by atoms with van der Waals surface area (Å²) in [6.45, 7) is 3.89. The van der Waals surface area contributed by atoms with Crippen molar-refractivity contribution in [1.82, 2.24) is 15.5 Å². The second-order valence-corrected chi connectivity index (χ2v) is 5.78. The smallest absolute Gasteiger partial charge is 0.190 e. The number of hydrogen-bond acceptors (Lipinski definition) is 2. The molecule has 2 rings (SSSR count). The van der Waals surface area contributed by atoms with E-state index in [1.165, 1.54) is 11.1 Å². The Bertz CT molecular complexity index is 554. The standard InChI is InChI=1S/C20H28N4/c1-21-20(22-2)23-14-9-15-24(16-18-10-5-3-6-11-18)17-19-12-7-4-8-13-19/h3-8,10-13H,9,14-17H2,1-2H3,(H2,21,22,23). The van der Waals surface area contributed by atoms with E-state index in [0.717, 1.165) is 38.6 Å². The molecule has 0 aliphatic heterocycles. The van der Waals surface area contributed by atoms with Crippen LogP contribution < -0.4 is 10.6 Å². The maximum Gasteiger partial charge on any atom is 0.190 e. The summed E-state index contributed by atoms with van der Waals surface area (Å²) in [7, 11) is 3.67. The van der Waals surface area contributed by atoms with Crippen LogP contribution in [0, 0.1) is 0 Å². The van der Waals surface area contributed by atoms with E-state index in [2.05, 4.69) is 81.2 Å². The van der Waals surface area contributed by atoms with Gasteiger partial charge in [-0.05, 0) is 17.5 Å². The molecular formula is C20H28N4. The highest BCUT2D eigenvalue weighted by Crippen LogP contribution is 2.10. The van der Waals surface area contributed by atoms with Gasteiger partial charge in [-0.25, -0.2) is 0 Å². The molecule has 0 heterocycles. The average molecular weight is 324 g/mol. The van der Waals surface area contributed by atoms with E-state index in [0.29, 0.717) is 0 Å². The zero-order chi connectivity index (χ0) is 17.0. The molecule has 0 radical (unpaired) electrons. The largest absolute Gasteiger partial charge is 0.359 e. The minimum atomic E-state index is 0.840. The summed E-state index contributed by atoms with van der Waals surface area (Å²) in [5.41, 5.74) is 2.71. The highest BCUT2D eigenvalue weighted by molar-refractivity contribution is 5.79. The fourth-order valence-corrected chi connectivity index (χ4v) is 2.69. The number of nitrogens with one attached hydrogen (secondary N) is 2. The zero-order valence-electron chi connectivity index (χ0n) is 14.7. The van der Waals surface area contributed by atoms with Gasteiger partial charge < -0.3 is 10.6 Å². The van der Waals surface area contributed by atoms with Gasteiger partial charge in [-0.3, -0.25) is 9.89 Å². The molecule has 0 amide bonds. The van der Waals surface area contributed by atoms with Gasteiger partial charge in [-0.15, -0.1) is 0 Å². The molecule has 0 spiro atoms. The fourth-order valence-electron chi connectivity index (χ4n) is 2.69. The molecule has 0 fully saturated rings. The highest BCUT2D eigenvalue weighted by Gasteiger charge is 2.07. The van der Waals surface area contributed by atoms with Crippen LogP contribution >= 0.6 is 0 Å². The van der Waals surface area contributed by atoms with Crippen molar-refractivity contribution in [1.29, 1.82) is 0 Å². The van der Waals surface area contributed by atoms with E-state index >= 15 is 0 Å². The lowest BCUT2D eigenvalue weighted by Gasteiger charge is -2.23. The van der Waals surface area contributed by atoms with E-state index in [1.54, 1.807) is 7.05 Å². The van der Waals surface area contributed by atoms with Crippen molar-refractivity contribution in [2.45, 2.75) is 19.5 Å². The van der Waals surface area contributed by atoms with Crippen molar-refractivity contribution in [3.05, 3.63) is 71.8 Å². The van der Waals surface area contributed by atoms with Crippen molar-refractivity contribution in [2.75, 3.05) is 27.2 Å². The number of hydrogen-bond donors (Lipinski definition) is 2. The number of aliphatic imine (C=N–C) groups is 1. The van der Waals surface area contributed by atoms with Gasteiger partial charge in [-0.2, -0.15) is 0 Å². The van der Waals surface area contributed by atoms with Gasteiger partial charge in [0.1, 0.15) is 0 Å². The summed E-state index contributed by atoms with van der Waals surface area (Å²) >= 11 is 0. The molecule has 0 aromatic heterocycles. The third kappa shape index (κ3) is 6.42. The van der Waals surface area contributed by atoms with E-state index in [1.807, 2.05) is 7.05 Å². The van der Waals surface area contributed by atoms with Crippen molar-refractivity contribution in [3.63, 3.8) is 0 Å². The van der Waals surface area contributed by atoms with Gasteiger partial charge in [0.2, 0.25) is 0 Å². The van der Waals surface area contributed by atoms with Crippen molar-refractivity contribution < 1.29 is 0 Å². The third-order valence-electron chi connectivity index (χ3n) is 3.90. The van der Waals surface area contributed by atoms with Crippen LogP contribution in [0.15, 0.2) is 65.7 Å². The number of benzene rings is 2. The number of rotatable bonds is 8. The SMILES string of the molecule is CN=C(NC)NCCCN(Cc1ccccc1)Cc1ccccc1. The first kappa shape index (κ1) is 18.0. The molecule has 0 atom stereocenters. The Morgan fingerprint density at radius 3 is 1.92 bits per heavy atom. The summed E-state index contributed by atoms with van der Waals surface area (Å²) in [6, 6.07) is 21.3. The first-order valence-corrected chi connectivity index (χ1v) is 8.50. The Labute approximate surface area is 145 Å². The zero-order valence-corrected chi connectivity index (χ0v) is 14.7. The first-order valence-electron chi connectivity index (χ1n) is 8.50. The summed E-state index contributed by atoms with van der Waals surface area (Å²) in [6.07, 6.45) is 1.07. The van der Waals surface area contributed by atoms with Crippen LogP contribution in [-0.4, -0.2) is 38.0 Å². The van der Waals surface area contributed by atoms with E-state index in [4.69, 9.17) is 0 Å². The topological polar surface area (TPSA) is 39.7 Å². The number of nitrogens with zero attached hydrogens (tertiary/aromatic N) is 2. The summed E-state index contributed by atoms with van der Waals surface area (Å²) in [4.78, 5) is 6.63. The lowest BCUT2D eigenvalue weighted by Crippen LogP contribution is -2.36. The van der Waals surface area contributed by atoms with Crippen LogP contribution in [0.3, 0.4) is 0 Å². The highest BCUT2D eigenvalue weighted by atomic mass is 15.2. The Kier molecular flexibility index (Phi) is 7.84. The van der Waals surface area contributed by atoms with Gasteiger partial charge in [0.15, 0.2) is 5.96 Å². The maximum atomic E-state index is 4.14. The quantitative estimate of drug-likeness (QED) is 0.446. The first-order chi connectivity index (χ1) is 11.8. The van der Waals surface area contributed by atoms with Crippen LogP contribution in [0.5, 0.6) is 0 Å². The summed E-state index contributed by atoms with van der Waals surface area (Å²) in [5, 5.41) is 6.36. The van der Waals surface area contributed by atoms with Crippen molar-refractivity contribution in [2.24, 2.45) is 4.99 Å². The molecular weight excluding hydrogens is 296 g/mol. The van der Waals surface area contributed by atoms with Gasteiger partial charge in [-0.1, -0.05) is 60.7 Å². The predicted molar refractivity (Wildman–Crippen MR) is 102 cm³/mol. The van der Waals surface area contributed by atoms with Crippen LogP contribution in [-0.2, 0) is 13.1 Å². The molecule has 0 aliphatic carbocycles. The summed E-state index contributed by atoms with van der Waals surface area (Å²) < 4.78 is 0. The molecule has 24 heavy (non-hydrogen) atoms. The monoisotopic (exact) mass is 324 g/mol. The van der Waals surface area contributed by atoms with Gasteiger partial charge in [0.05, 0.1) is 0 Å². The minimum Gasteiger partial charge on any atom is -0.359 e. The van der Waals surface area contributed by atoms with Gasteiger partial charge >= 0.3 is 0 Å². The number of guanidine groups is 1. The lowest BCUT2D eigenvalue weighted by atomic mass is 10.1. The molecule has 2 aromatic carbocycles. The molecule has 0 unspecified atom stereocenters. The van der Waals surface area contributed by atoms with Crippen LogP contribution in [0.1, 0.15) is 17.5 Å². The Morgan fingerprint density at radius 2 is 1.46 bits per heavy atom. The maximum absolute atomic E-state index is 4.14. The molecule has 2 aromatic rings. The fraction of sp³-hybridized carbons (Fsp3) is 0.350. The Hall–Kier alpha value is -2.33. The average Bonchev–Trinajstić information content (AvgIpc) is 2.63. The Morgan fingerprint density at radius 1 is 0.917 bits per heavy atom. The van der Waals surface area contributed by atoms with Crippen LogP contribution in [0.2, 0.25) is 0 Å². The molecule has 0 aliphatic rings. The predicted octanol–water partition coefficient (Wildman–Crippen LogP) is 2.87. The molecule has 4 nitrogen and oxygen atoms in total. The van der Waals surface area contributed by atoms with Crippen LogP contribution in [0.25, 0.3) is 0 Å². The molecule has 0 bridgehead atoms. The van der Waals surface area contributed by atoms with Gasteiger partial charge in [0.25, 0.3) is 0 Å². The second kappa shape index (κ2) is 10.4. The van der Waals surface area contributed by atoms with E-state index in [-0.39, 0.29) is 0 Å². The Balaban J connectivity index is 1.90. The normalized spacial score (nSPS) is 11.5.